The minimum atomic E-state index is -0.432. The Morgan fingerprint density at radius 2 is 1.27 bits per heavy atom. The number of hydrogen-bond donors (Lipinski definition) is 1. The van der Waals surface area contributed by atoms with Gasteiger partial charge in [-0.1, -0.05) is 36.4 Å². The molecule has 0 aliphatic carbocycles. The normalized spacial score (nSPS) is 13.0. The molecule has 3 rings (SSSR count). The van der Waals surface area contributed by atoms with E-state index < -0.39 is 5.72 Å². The molecule has 2 nitrogen and oxygen atoms in total. The van der Waals surface area contributed by atoms with Crippen LogP contribution in [0.15, 0.2) is 72.8 Å². The van der Waals surface area contributed by atoms with Crippen LogP contribution in [0.1, 0.15) is 26.3 Å². The minimum Gasteiger partial charge on any atom is -0.364 e. The Morgan fingerprint density at radius 3 is 1.70 bits per heavy atom. The average Bonchev–Trinajstić information content (AvgIpc) is 2.73. The van der Waals surface area contributed by atoms with Crippen molar-refractivity contribution in [3.05, 3.63) is 90.0 Å². The Hall–Kier alpha value is -2.82. The Balaban J connectivity index is 1.98. The fraction of sp³-hybridized carbons (Fsp3) is 0.231. The van der Waals surface area contributed by atoms with Crippen molar-refractivity contribution in [3.8, 4) is 22.3 Å². The molecule has 30 heavy (non-hydrogen) atoms. The van der Waals surface area contributed by atoms with Crippen molar-refractivity contribution in [2.75, 3.05) is 7.11 Å². The van der Waals surface area contributed by atoms with Gasteiger partial charge in [-0.25, -0.2) is 8.78 Å². The summed E-state index contributed by atoms with van der Waals surface area (Å²) in [5.74, 6) is -0.538. The molecule has 0 aliphatic heterocycles. The van der Waals surface area contributed by atoms with Crippen LogP contribution >= 0.6 is 0 Å². The fourth-order valence-corrected chi connectivity index (χ4v) is 3.28. The highest BCUT2D eigenvalue weighted by Crippen LogP contribution is 2.29. The van der Waals surface area contributed by atoms with Crippen molar-refractivity contribution in [3.63, 3.8) is 0 Å². The second kappa shape index (κ2) is 9.33. The zero-order valence-corrected chi connectivity index (χ0v) is 17.7. The van der Waals surface area contributed by atoms with Gasteiger partial charge in [0.05, 0.1) is 0 Å². The monoisotopic (exact) mass is 407 g/mol. The van der Waals surface area contributed by atoms with Gasteiger partial charge >= 0.3 is 0 Å². The summed E-state index contributed by atoms with van der Waals surface area (Å²) in [6.07, 6.45) is 4.11. The standard InChI is InChI=1S/C26H27F2NO/c1-18(29-26(2,3)30-4)5-6-19-15-22(20-7-11-24(27)12-8-20)17-23(16-19)21-9-13-25(28)14-10-21/h5-18,29H,1-4H3/b6-5+. The molecule has 3 aromatic rings. The van der Waals surface area contributed by atoms with Crippen LogP contribution < -0.4 is 5.32 Å². The topological polar surface area (TPSA) is 21.3 Å². The van der Waals surface area contributed by atoms with Crippen LogP contribution in [0.25, 0.3) is 28.3 Å². The molecule has 0 aromatic heterocycles. The van der Waals surface area contributed by atoms with Crippen LogP contribution in [0.5, 0.6) is 0 Å². The predicted molar refractivity (Wildman–Crippen MR) is 120 cm³/mol. The maximum Gasteiger partial charge on any atom is 0.123 e. The van der Waals surface area contributed by atoms with E-state index in [4.69, 9.17) is 4.74 Å². The molecular formula is C26H27F2NO. The Labute approximate surface area is 177 Å². The molecule has 156 valence electrons. The number of benzene rings is 3. The number of rotatable bonds is 7. The van der Waals surface area contributed by atoms with Crippen LogP contribution in [0.2, 0.25) is 0 Å². The van der Waals surface area contributed by atoms with E-state index in [1.807, 2.05) is 26.0 Å². The van der Waals surface area contributed by atoms with Gasteiger partial charge in [-0.3, -0.25) is 5.32 Å². The Kier molecular flexibility index (Phi) is 6.80. The first kappa shape index (κ1) is 21.9. The molecule has 0 saturated heterocycles. The molecule has 1 atom stereocenters. The van der Waals surface area contributed by atoms with E-state index >= 15 is 0 Å². The molecule has 0 fully saturated rings. The van der Waals surface area contributed by atoms with Gasteiger partial charge in [0.2, 0.25) is 0 Å². The first-order valence-corrected chi connectivity index (χ1v) is 9.94. The molecule has 0 amide bonds. The molecule has 1 N–H and O–H groups in total. The highest BCUT2D eigenvalue weighted by atomic mass is 19.1. The SMILES string of the molecule is COC(C)(C)NC(C)/C=C/c1cc(-c2ccc(F)cc2)cc(-c2ccc(F)cc2)c1. The summed E-state index contributed by atoms with van der Waals surface area (Å²) in [7, 11) is 1.67. The Bertz CT molecular complexity index is 944. The first-order valence-electron chi connectivity index (χ1n) is 9.94. The smallest absolute Gasteiger partial charge is 0.123 e. The third-order valence-electron chi connectivity index (χ3n) is 4.97. The quantitative estimate of drug-likeness (QED) is 0.442. The van der Waals surface area contributed by atoms with E-state index in [2.05, 4.69) is 30.4 Å². The third-order valence-corrected chi connectivity index (χ3v) is 4.97. The van der Waals surface area contributed by atoms with Gasteiger partial charge < -0.3 is 4.74 Å². The van der Waals surface area contributed by atoms with Gasteiger partial charge in [0, 0.05) is 13.2 Å². The second-order valence-corrected chi connectivity index (χ2v) is 7.86. The molecule has 0 aliphatic rings. The van der Waals surface area contributed by atoms with E-state index in [1.165, 1.54) is 24.3 Å². The lowest BCUT2D eigenvalue weighted by Crippen LogP contribution is -2.45. The third kappa shape index (κ3) is 5.85. The van der Waals surface area contributed by atoms with Crippen molar-refractivity contribution in [1.82, 2.24) is 5.32 Å². The van der Waals surface area contributed by atoms with Crippen LogP contribution in [-0.2, 0) is 4.74 Å². The summed E-state index contributed by atoms with van der Waals surface area (Å²) < 4.78 is 32.2. The van der Waals surface area contributed by atoms with Crippen LogP contribution in [-0.4, -0.2) is 18.9 Å². The molecule has 1 unspecified atom stereocenters. The molecule has 0 saturated carbocycles. The van der Waals surface area contributed by atoms with Crippen molar-refractivity contribution in [1.29, 1.82) is 0 Å². The summed E-state index contributed by atoms with van der Waals surface area (Å²) in [5, 5.41) is 3.39. The van der Waals surface area contributed by atoms with E-state index in [9.17, 15) is 8.78 Å². The largest absolute Gasteiger partial charge is 0.364 e. The summed E-state index contributed by atoms with van der Waals surface area (Å²) in [6.45, 7) is 6.00. The number of halogens is 2. The first-order chi connectivity index (χ1) is 14.3. The lowest BCUT2D eigenvalue weighted by atomic mass is 9.95. The predicted octanol–water partition coefficient (Wildman–Crippen LogP) is 6.67. The van der Waals surface area contributed by atoms with Crippen LogP contribution in [0.4, 0.5) is 8.78 Å². The van der Waals surface area contributed by atoms with Gasteiger partial charge in [-0.05, 0) is 91.1 Å². The van der Waals surface area contributed by atoms with Gasteiger partial charge in [-0.2, -0.15) is 0 Å². The lowest BCUT2D eigenvalue weighted by molar-refractivity contribution is -0.0111. The van der Waals surface area contributed by atoms with Crippen molar-refractivity contribution in [2.45, 2.75) is 32.5 Å². The molecular weight excluding hydrogens is 380 g/mol. The van der Waals surface area contributed by atoms with Gasteiger partial charge in [-0.15, -0.1) is 0 Å². The number of nitrogens with one attached hydrogen (secondary N) is 1. The molecule has 0 bridgehead atoms. The summed E-state index contributed by atoms with van der Waals surface area (Å²) >= 11 is 0. The summed E-state index contributed by atoms with van der Waals surface area (Å²) in [6, 6.07) is 19.1. The van der Waals surface area contributed by atoms with E-state index in [1.54, 1.807) is 31.4 Å². The van der Waals surface area contributed by atoms with Gasteiger partial charge in [0.15, 0.2) is 0 Å². The summed E-state index contributed by atoms with van der Waals surface area (Å²) in [5.41, 5.74) is 4.34. The van der Waals surface area contributed by atoms with Crippen molar-refractivity contribution in [2.24, 2.45) is 0 Å². The molecule has 4 heteroatoms. The number of hydrogen-bond acceptors (Lipinski definition) is 2. The van der Waals surface area contributed by atoms with E-state index in [-0.39, 0.29) is 17.7 Å². The maximum absolute atomic E-state index is 13.4. The maximum atomic E-state index is 13.4. The number of methoxy groups -OCH3 is 1. The molecule has 3 aromatic carbocycles. The highest BCUT2D eigenvalue weighted by molar-refractivity contribution is 5.77. The summed E-state index contributed by atoms with van der Waals surface area (Å²) in [4.78, 5) is 0. The van der Waals surface area contributed by atoms with E-state index in [0.717, 1.165) is 27.8 Å². The highest BCUT2D eigenvalue weighted by Gasteiger charge is 2.17. The fourth-order valence-electron chi connectivity index (χ4n) is 3.28. The Morgan fingerprint density at radius 1 is 0.800 bits per heavy atom. The molecule has 0 spiro atoms. The van der Waals surface area contributed by atoms with Crippen molar-refractivity contribution >= 4 is 6.08 Å². The molecule has 0 heterocycles. The zero-order valence-electron chi connectivity index (χ0n) is 17.7. The minimum absolute atomic E-state index is 0.0868. The lowest BCUT2D eigenvalue weighted by Gasteiger charge is -2.27. The zero-order chi connectivity index (χ0) is 21.7. The van der Waals surface area contributed by atoms with Crippen LogP contribution in [0.3, 0.4) is 0 Å². The number of ether oxygens (including phenoxy) is 1. The van der Waals surface area contributed by atoms with Gasteiger partial charge in [0.1, 0.15) is 17.4 Å². The van der Waals surface area contributed by atoms with Crippen molar-refractivity contribution < 1.29 is 13.5 Å². The van der Waals surface area contributed by atoms with Gasteiger partial charge in [0.25, 0.3) is 0 Å². The van der Waals surface area contributed by atoms with Crippen LogP contribution in [0, 0.1) is 11.6 Å². The second-order valence-electron chi connectivity index (χ2n) is 7.86. The average molecular weight is 408 g/mol. The molecule has 0 radical (unpaired) electrons. The van der Waals surface area contributed by atoms with E-state index in [0.29, 0.717) is 0 Å².